The molecule has 0 heterocycles. The lowest BCUT2D eigenvalue weighted by molar-refractivity contribution is 0.0942. The van der Waals surface area contributed by atoms with Crippen LogP contribution in [0.4, 0.5) is 0 Å². The highest BCUT2D eigenvalue weighted by Gasteiger charge is 2.19. The van der Waals surface area contributed by atoms with Crippen LogP contribution < -0.4 is 11.1 Å². The van der Waals surface area contributed by atoms with Crippen LogP contribution in [0.15, 0.2) is 42.5 Å². The van der Waals surface area contributed by atoms with Gasteiger partial charge in [-0.15, -0.1) is 12.4 Å². The van der Waals surface area contributed by atoms with Crippen LogP contribution in [-0.4, -0.2) is 18.5 Å². The van der Waals surface area contributed by atoms with Crippen molar-refractivity contribution < 1.29 is 4.79 Å². The number of hydrogen-bond donors (Lipinski definition) is 2. The summed E-state index contributed by atoms with van der Waals surface area (Å²) in [5, 5.41) is 5.32. The highest BCUT2D eigenvalue weighted by molar-refractivity contribution is 5.98. The third-order valence-corrected chi connectivity index (χ3v) is 4.39. The number of carbonyl (C=O) groups excluding carboxylic acids is 1. The number of carbonyl (C=O) groups is 1. The second kappa shape index (κ2) is 7.61. The van der Waals surface area contributed by atoms with Crippen molar-refractivity contribution in [3.05, 3.63) is 48.0 Å². The lowest BCUT2D eigenvalue weighted by Gasteiger charge is -2.26. The van der Waals surface area contributed by atoms with Crippen molar-refractivity contribution in [2.45, 2.75) is 31.7 Å². The van der Waals surface area contributed by atoms with Gasteiger partial charge < -0.3 is 11.1 Å². The van der Waals surface area contributed by atoms with Gasteiger partial charge in [0.25, 0.3) is 5.91 Å². The van der Waals surface area contributed by atoms with Crippen molar-refractivity contribution in [1.29, 1.82) is 0 Å². The number of rotatable bonds is 3. The highest BCUT2D eigenvalue weighted by atomic mass is 35.5. The molecule has 3 nitrogen and oxygen atoms in total. The topological polar surface area (TPSA) is 55.1 Å². The zero-order chi connectivity index (χ0) is 14.7. The van der Waals surface area contributed by atoms with E-state index in [4.69, 9.17) is 5.73 Å². The number of benzene rings is 2. The van der Waals surface area contributed by atoms with Crippen LogP contribution >= 0.6 is 12.4 Å². The first-order valence-electron chi connectivity index (χ1n) is 7.75. The van der Waals surface area contributed by atoms with E-state index in [2.05, 4.69) is 11.4 Å². The molecular weight excluding hydrogens is 296 g/mol. The van der Waals surface area contributed by atoms with Crippen LogP contribution in [0.1, 0.15) is 36.0 Å². The molecule has 3 rings (SSSR count). The third kappa shape index (κ3) is 3.99. The number of halogens is 1. The highest BCUT2D eigenvalue weighted by Crippen LogP contribution is 2.22. The molecule has 0 radical (unpaired) electrons. The summed E-state index contributed by atoms with van der Waals surface area (Å²) in [5.74, 6) is 0.540. The Morgan fingerprint density at radius 2 is 1.91 bits per heavy atom. The van der Waals surface area contributed by atoms with Gasteiger partial charge >= 0.3 is 0 Å². The van der Waals surface area contributed by atoms with Crippen molar-refractivity contribution in [1.82, 2.24) is 5.32 Å². The van der Waals surface area contributed by atoms with E-state index < -0.39 is 0 Å². The van der Waals surface area contributed by atoms with Crippen molar-refractivity contribution >= 4 is 29.1 Å². The van der Waals surface area contributed by atoms with Gasteiger partial charge in [0.1, 0.15) is 0 Å². The van der Waals surface area contributed by atoms with Gasteiger partial charge in [0, 0.05) is 18.2 Å². The number of nitrogens with two attached hydrogens (primary N) is 1. The van der Waals surface area contributed by atoms with Crippen LogP contribution in [0.5, 0.6) is 0 Å². The normalized spacial score (nSPS) is 21.1. The number of fused-ring (bicyclic) bond motifs is 1. The molecule has 0 aliphatic heterocycles. The summed E-state index contributed by atoms with van der Waals surface area (Å²) in [6, 6.07) is 14.2. The Morgan fingerprint density at radius 3 is 2.68 bits per heavy atom. The molecule has 0 spiro atoms. The van der Waals surface area contributed by atoms with E-state index in [9.17, 15) is 4.79 Å². The maximum Gasteiger partial charge on any atom is 0.251 e. The summed E-state index contributed by atoms with van der Waals surface area (Å²) in [6.45, 7) is 0.735. The first-order valence-corrected chi connectivity index (χ1v) is 7.75. The van der Waals surface area contributed by atoms with Gasteiger partial charge in [0.15, 0.2) is 0 Å². The van der Waals surface area contributed by atoms with E-state index in [0.717, 1.165) is 35.7 Å². The smallest absolute Gasteiger partial charge is 0.251 e. The predicted octanol–water partition coefficient (Wildman–Crippen LogP) is 3.51. The summed E-state index contributed by atoms with van der Waals surface area (Å²) < 4.78 is 0. The van der Waals surface area contributed by atoms with Crippen LogP contribution in [0.25, 0.3) is 10.8 Å². The van der Waals surface area contributed by atoms with Crippen molar-refractivity contribution in [2.24, 2.45) is 11.7 Å². The minimum absolute atomic E-state index is 0. The average molecular weight is 319 g/mol. The molecule has 2 aromatic rings. The van der Waals surface area contributed by atoms with Crippen molar-refractivity contribution in [3.63, 3.8) is 0 Å². The molecule has 0 bridgehead atoms. The third-order valence-electron chi connectivity index (χ3n) is 4.39. The second-order valence-corrected chi connectivity index (χ2v) is 6.06. The molecule has 2 atom stereocenters. The molecule has 1 aliphatic rings. The van der Waals surface area contributed by atoms with Crippen LogP contribution in [-0.2, 0) is 0 Å². The van der Waals surface area contributed by atoms with E-state index in [1.165, 1.54) is 12.8 Å². The fourth-order valence-corrected chi connectivity index (χ4v) is 3.19. The van der Waals surface area contributed by atoms with Crippen LogP contribution in [0, 0.1) is 5.92 Å². The lowest BCUT2D eigenvalue weighted by atomic mass is 9.86. The lowest BCUT2D eigenvalue weighted by Crippen LogP contribution is -2.35. The van der Waals surface area contributed by atoms with E-state index in [1.807, 2.05) is 36.4 Å². The van der Waals surface area contributed by atoms with Crippen LogP contribution in [0.2, 0.25) is 0 Å². The maximum absolute atomic E-state index is 12.3. The zero-order valence-electron chi connectivity index (χ0n) is 12.6. The summed E-state index contributed by atoms with van der Waals surface area (Å²) in [7, 11) is 0. The Hall–Kier alpha value is -1.58. The SMILES string of the molecule is Cl.NC1CCCC(CNC(=O)c2ccc3ccccc3c2)C1. The average Bonchev–Trinajstić information content (AvgIpc) is 2.52. The molecule has 1 aliphatic carbocycles. The summed E-state index contributed by atoms with van der Waals surface area (Å²) in [4.78, 5) is 12.3. The van der Waals surface area contributed by atoms with E-state index in [-0.39, 0.29) is 18.3 Å². The Morgan fingerprint density at radius 1 is 1.14 bits per heavy atom. The predicted molar refractivity (Wildman–Crippen MR) is 93.5 cm³/mol. The Balaban J connectivity index is 0.00000176. The molecular formula is C18H23ClN2O. The summed E-state index contributed by atoms with van der Waals surface area (Å²) in [6.07, 6.45) is 4.50. The fourth-order valence-electron chi connectivity index (χ4n) is 3.19. The molecule has 22 heavy (non-hydrogen) atoms. The molecule has 118 valence electrons. The number of amides is 1. The number of hydrogen-bond acceptors (Lipinski definition) is 2. The minimum Gasteiger partial charge on any atom is -0.352 e. The van der Waals surface area contributed by atoms with Gasteiger partial charge in [-0.3, -0.25) is 4.79 Å². The minimum atomic E-state index is 0. The van der Waals surface area contributed by atoms with Gasteiger partial charge in [0.05, 0.1) is 0 Å². The Labute approximate surface area is 137 Å². The van der Waals surface area contributed by atoms with E-state index >= 15 is 0 Å². The van der Waals surface area contributed by atoms with Crippen molar-refractivity contribution in [3.8, 4) is 0 Å². The first-order chi connectivity index (χ1) is 10.2. The molecule has 1 amide bonds. The quantitative estimate of drug-likeness (QED) is 0.910. The Kier molecular flexibility index (Phi) is 5.81. The van der Waals surface area contributed by atoms with Gasteiger partial charge in [-0.25, -0.2) is 0 Å². The van der Waals surface area contributed by atoms with Crippen molar-refractivity contribution in [2.75, 3.05) is 6.54 Å². The summed E-state index contributed by atoms with van der Waals surface area (Å²) >= 11 is 0. The first kappa shape index (κ1) is 16.8. The van der Waals surface area contributed by atoms with Gasteiger partial charge in [-0.2, -0.15) is 0 Å². The second-order valence-electron chi connectivity index (χ2n) is 6.06. The summed E-state index contributed by atoms with van der Waals surface area (Å²) in [5.41, 5.74) is 6.72. The van der Waals surface area contributed by atoms with Crippen LogP contribution in [0.3, 0.4) is 0 Å². The molecule has 0 aromatic heterocycles. The molecule has 4 heteroatoms. The van der Waals surface area contributed by atoms with Gasteiger partial charge in [-0.1, -0.05) is 36.8 Å². The molecule has 1 saturated carbocycles. The van der Waals surface area contributed by atoms with Gasteiger partial charge in [-0.05, 0) is 48.1 Å². The molecule has 1 fully saturated rings. The largest absolute Gasteiger partial charge is 0.352 e. The molecule has 0 saturated heterocycles. The fraction of sp³-hybridized carbons (Fsp3) is 0.389. The monoisotopic (exact) mass is 318 g/mol. The zero-order valence-corrected chi connectivity index (χ0v) is 13.4. The maximum atomic E-state index is 12.3. The molecule has 2 aromatic carbocycles. The Bertz CT molecular complexity index is 644. The standard InChI is InChI=1S/C18H22N2O.ClH/c19-17-7-3-4-13(10-17)12-20-18(21)16-9-8-14-5-1-2-6-15(14)11-16;/h1-2,5-6,8-9,11,13,17H,3-4,7,10,12,19H2,(H,20,21);1H. The molecule has 2 unspecified atom stereocenters. The molecule has 3 N–H and O–H groups in total. The van der Waals surface area contributed by atoms with E-state index in [1.54, 1.807) is 0 Å². The van der Waals surface area contributed by atoms with Gasteiger partial charge in [0.2, 0.25) is 0 Å². The van der Waals surface area contributed by atoms with E-state index in [0.29, 0.717) is 12.0 Å². The number of nitrogens with one attached hydrogen (secondary N) is 1.